The number of fused-ring (bicyclic) bond motifs is 1. The Kier molecular flexibility index (Phi) is 26.3. The normalized spacial score (nSPS) is 20.0. The van der Waals surface area contributed by atoms with E-state index >= 15 is 0 Å². The number of carbonyl (C=O) groups is 3. The number of nitrogens with one attached hydrogen (secondary N) is 4. The van der Waals surface area contributed by atoms with Gasteiger partial charge in [0, 0.05) is 163 Å². The summed E-state index contributed by atoms with van der Waals surface area (Å²) in [6.07, 6.45) is 5.44. The molecule has 1 aromatic heterocycles. The number of nitrogens with zero attached hydrogens (tertiary/aromatic N) is 6. The Morgan fingerprint density at radius 1 is 0.822 bits per heavy atom. The number of amides is 3. The van der Waals surface area contributed by atoms with Gasteiger partial charge < -0.3 is 53.9 Å². The number of halogens is 4. The number of imide groups is 1. The summed E-state index contributed by atoms with van der Waals surface area (Å²) in [4.78, 5) is 67.5. The van der Waals surface area contributed by atoms with E-state index in [1.807, 2.05) is 60.7 Å². The Balaban J connectivity index is 0.00000160. The topological polar surface area (TPSA) is 248 Å². The first kappa shape index (κ1) is 71.6. The quantitative estimate of drug-likeness (QED) is 0.0343. The van der Waals surface area contributed by atoms with Gasteiger partial charge in [-0.05, 0) is 127 Å². The predicted molar refractivity (Wildman–Crippen MR) is 343 cm³/mol. The molecule has 5 heterocycles. The number of aromatic amines is 1. The van der Waals surface area contributed by atoms with Crippen LogP contribution in [-0.2, 0) is 50.2 Å². The summed E-state index contributed by atoms with van der Waals surface area (Å²) in [6, 6.07) is 38.8. The maximum absolute atomic E-state index is 13.5. The van der Waals surface area contributed by atoms with E-state index < -0.39 is 34.6 Å². The van der Waals surface area contributed by atoms with E-state index in [1.165, 1.54) is 38.3 Å². The molecule has 4 fully saturated rings. The number of piperazine rings is 2. The van der Waals surface area contributed by atoms with Crippen molar-refractivity contribution in [2.75, 3.05) is 119 Å². The molecule has 5 aromatic carbocycles. The summed E-state index contributed by atoms with van der Waals surface area (Å²) in [5, 5.41) is 6.71. The number of aromatic nitrogens is 2. The van der Waals surface area contributed by atoms with E-state index in [0.29, 0.717) is 16.7 Å². The second-order valence-corrected chi connectivity index (χ2v) is 26.5. The first-order chi connectivity index (χ1) is 41.9. The minimum atomic E-state index is -4.17. The van der Waals surface area contributed by atoms with Crippen molar-refractivity contribution in [1.29, 1.82) is 0 Å². The van der Waals surface area contributed by atoms with Gasteiger partial charge in [-0.25, -0.2) is 13.2 Å². The minimum Gasteiger partial charge on any atom is -0.412 e. The molecule has 483 valence electrons. The van der Waals surface area contributed by atoms with Crippen molar-refractivity contribution >= 4 is 84.8 Å². The van der Waals surface area contributed by atoms with E-state index in [9.17, 15) is 40.8 Å². The van der Waals surface area contributed by atoms with E-state index in [4.69, 9.17) is 16.3 Å². The van der Waals surface area contributed by atoms with Crippen LogP contribution in [0.1, 0.15) is 73.8 Å². The molecule has 0 bridgehead atoms. The first-order valence-electron chi connectivity index (χ1n) is 29.7. The zero-order valence-corrected chi connectivity index (χ0v) is 54.5. The number of piperidine rings is 1. The van der Waals surface area contributed by atoms with Crippen molar-refractivity contribution in [3.8, 4) is 0 Å². The van der Waals surface area contributed by atoms with Gasteiger partial charge in [-0.2, -0.15) is 18.2 Å². The summed E-state index contributed by atoms with van der Waals surface area (Å²) in [7, 11) is -4.17. The summed E-state index contributed by atoms with van der Waals surface area (Å²) < 4.78 is 65.3. The average Bonchev–Trinajstić information content (AvgIpc) is 1.86. The Bertz CT molecular complexity index is 3530. The maximum Gasteiger partial charge on any atom is 0.327 e. The number of hydrogen-bond donors (Lipinski definition) is 4. The van der Waals surface area contributed by atoms with Crippen LogP contribution in [0, 0.1) is 18.2 Å². The second-order valence-electron chi connectivity index (χ2n) is 23.3. The van der Waals surface area contributed by atoms with Crippen molar-refractivity contribution in [1.82, 2.24) is 34.3 Å². The van der Waals surface area contributed by atoms with Crippen LogP contribution in [0.5, 0.6) is 0 Å². The molecule has 1 unspecified atom stereocenters. The van der Waals surface area contributed by atoms with Gasteiger partial charge in [-0.3, -0.25) is 38.8 Å². The molecular formula is C64H78ClF3N10O9S2Sc-2. The number of carbonyl (C=O) groups excluding carboxylic acids is 3. The largest absolute Gasteiger partial charge is 0.412 e. The molecule has 26 heteroatoms. The summed E-state index contributed by atoms with van der Waals surface area (Å²) in [5.41, 5.74) is 8.08. The number of H-pyrrole nitrogens is 1. The number of benzene rings is 5. The minimum absolute atomic E-state index is 0. The van der Waals surface area contributed by atoms with Crippen LogP contribution >= 0.6 is 23.4 Å². The second kappa shape index (κ2) is 33.1. The number of ether oxygens (including phenoxy) is 1. The molecule has 0 spiro atoms. The Morgan fingerprint density at radius 3 is 2.18 bits per heavy atom. The Labute approximate surface area is 551 Å². The fourth-order valence-electron chi connectivity index (χ4n) is 12.5. The molecule has 4 saturated heterocycles. The van der Waals surface area contributed by atoms with Gasteiger partial charge in [0.2, 0.25) is 21.8 Å². The van der Waals surface area contributed by atoms with Gasteiger partial charge >= 0.3 is 5.69 Å². The molecular weight excluding hydrogens is 1250 g/mol. The predicted octanol–water partition coefficient (Wildman–Crippen LogP) is 7.84. The van der Waals surface area contributed by atoms with Crippen LogP contribution in [0.2, 0.25) is 5.02 Å². The molecule has 5 aliphatic rings. The van der Waals surface area contributed by atoms with Gasteiger partial charge in [-0.1, -0.05) is 60.1 Å². The molecule has 19 nitrogen and oxygen atoms in total. The third-order valence-corrected chi connectivity index (χ3v) is 19.8. The van der Waals surface area contributed by atoms with Gasteiger partial charge in [-0.15, -0.1) is 17.8 Å². The van der Waals surface area contributed by atoms with Crippen molar-refractivity contribution in [3.05, 3.63) is 160 Å². The fraction of sp³-hybridized carbons (Fsp3) is 0.422. The number of thioether (sulfide) groups is 1. The van der Waals surface area contributed by atoms with Crippen LogP contribution < -0.4 is 30.8 Å². The number of allylic oxidation sites excluding steroid dienone is 1. The third kappa shape index (κ3) is 19.1. The molecule has 11 rings (SSSR count). The Hall–Kier alpha value is -5.87. The van der Waals surface area contributed by atoms with Crippen molar-refractivity contribution in [3.63, 3.8) is 0 Å². The van der Waals surface area contributed by atoms with Crippen LogP contribution in [0.15, 0.2) is 135 Å². The summed E-state index contributed by atoms with van der Waals surface area (Å²) >= 11 is 8.17. The average molecular weight is 1330 g/mol. The van der Waals surface area contributed by atoms with Crippen LogP contribution in [-0.4, -0.2) is 171 Å². The number of hydrogen-bond acceptors (Lipinski definition) is 14. The molecule has 4 aliphatic heterocycles. The molecule has 8 N–H and O–H groups in total. The van der Waals surface area contributed by atoms with Gasteiger partial charge in [0.05, 0.1) is 17.6 Å². The zero-order valence-electron chi connectivity index (χ0n) is 50.3. The third-order valence-electron chi connectivity index (χ3n) is 17.1. The monoisotopic (exact) mass is 1330 g/mol. The molecule has 3 amide bonds. The van der Waals surface area contributed by atoms with E-state index in [1.54, 1.807) is 30.0 Å². The molecule has 6 aromatic rings. The number of rotatable bonds is 19. The molecule has 0 saturated carbocycles. The first-order valence-corrected chi connectivity index (χ1v) is 32.6. The smallest absolute Gasteiger partial charge is 0.327 e. The van der Waals surface area contributed by atoms with Crippen LogP contribution in [0.25, 0.3) is 16.6 Å². The van der Waals surface area contributed by atoms with Crippen molar-refractivity contribution < 1.29 is 77.5 Å². The summed E-state index contributed by atoms with van der Waals surface area (Å²) in [6.45, 7) is 12.4. The van der Waals surface area contributed by atoms with E-state index in [0.717, 1.165) is 153 Å². The zero-order chi connectivity index (χ0) is 61.1. The van der Waals surface area contributed by atoms with Gasteiger partial charge in [0.1, 0.15) is 6.04 Å². The molecule has 3 atom stereocenters. The number of sulfonamides is 1. The van der Waals surface area contributed by atoms with Crippen molar-refractivity contribution in [2.45, 2.75) is 73.7 Å². The molecule has 1 radical (unpaired) electrons. The standard InChI is InChI=1S/C63H74ClN10O7S2.CF3.2H2O.Sc/c1-63(44-71-31-35-73(36-32-71)52-18-21-56-58(40-52)74(62(78)66-56)57-22-23-59(75)67-61(57)77)26-24-55(45-8-12-48(64)13-9-45)47(41-63)42-70-29-33-72(34-30-70)51-16-10-46(11-17-51)60(76)68-83(79,80)54-19-14-49(15-20-54)65-50(43-82-53-6-3-2-4-7-53)25-28-69-27-5-38-81-39-37-69;2-1(3)4;;;/h2-4,6-14,16-21,40,50,57,65H,5,22-39,41-44H2,1H3,(H,66,78)(H,68,76)(H,67,75,77);;2*1H2;/q2*-1;;;/t50-,57?,63-;;;;/m1..../s1. The fourth-order valence-corrected chi connectivity index (χ4v) is 14.6. The molecule has 1 aliphatic carbocycles. The van der Waals surface area contributed by atoms with Crippen molar-refractivity contribution in [2.24, 2.45) is 5.41 Å². The SMILES string of the molecule is C[C@@]1(CN2CCN(c3ccc4[nH]c(=O)n(C5CCC(=O)NC5=O)c4c3)CC2)CCC(c2ccc(Cl)cc2)=C(CN2CCN(c3ccc(C(=O)NS(=O)(=O)c4c[c-]c(N[C@H](CCN5CCCOCC5)CSc5ccccc5)cc4)cc3)CC2)C1.F[C-](F)F.O.O.[Sc]. The van der Waals surface area contributed by atoms with E-state index in [-0.39, 0.29) is 83.2 Å². The van der Waals surface area contributed by atoms with Crippen LogP contribution in [0.3, 0.4) is 0 Å². The number of imidazole rings is 1. The molecule has 90 heavy (non-hydrogen) atoms. The summed E-state index contributed by atoms with van der Waals surface area (Å²) in [5.74, 6) is -0.628. The van der Waals surface area contributed by atoms with Gasteiger partial charge in [0.25, 0.3) is 5.91 Å². The Morgan fingerprint density at radius 2 is 1.50 bits per heavy atom. The van der Waals surface area contributed by atoms with Gasteiger partial charge in [0.15, 0.2) is 6.68 Å². The number of anilines is 3. The maximum atomic E-state index is 13.5. The van der Waals surface area contributed by atoms with Crippen LogP contribution in [0.4, 0.5) is 30.2 Å². The van der Waals surface area contributed by atoms with E-state index in [2.05, 4.69) is 82.1 Å².